The summed E-state index contributed by atoms with van der Waals surface area (Å²) in [4.78, 5) is 38.0. The van der Waals surface area contributed by atoms with Crippen LogP contribution in [-0.4, -0.2) is 57.9 Å². The van der Waals surface area contributed by atoms with Crippen LogP contribution in [-0.2, 0) is 9.53 Å². The van der Waals surface area contributed by atoms with Crippen molar-refractivity contribution in [3.05, 3.63) is 71.4 Å². The number of aliphatic carboxylic acids is 1. The second-order valence-corrected chi connectivity index (χ2v) is 9.16. The number of aromatic amines is 1. The number of carboxylic acids is 1. The molecule has 2 heterocycles. The first-order valence-electron chi connectivity index (χ1n) is 11.6. The van der Waals surface area contributed by atoms with Gasteiger partial charge in [-0.2, -0.15) is 5.10 Å². The summed E-state index contributed by atoms with van der Waals surface area (Å²) in [6.45, 7) is 2.97. The normalized spacial score (nSPS) is 18.7. The molecule has 0 saturated carbocycles. The predicted octanol–water partition coefficient (Wildman–Crippen LogP) is 3.95. The summed E-state index contributed by atoms with van der Waals surface area (Å²) in [5, 5.41) is 18.3. The smallest absolute Gasteiger partial charge is 0.412 e. The molecule has 2 amide bonds. The van der Waals surface area contributed by atoms with Crippen LogP contribution in [0.15, 0.2) is 54.6 Å². The Morgan fingerprint density at radius 3 is 2.40 bits per heavy atom. The third kappa shape index (κ3) is 4.49. The average Bonchev–Trinajstić information content (AvgIpc) is 3.53. The van der Waals surface area contributed by atoms with Gasteiger partial charge in [0.2, 0.25) is 0 Å². The van der Waals surface area contributed by atoms with Gasteiger partial charge >= 0.3 is 12.1 Å². The molecule has 5 rings (SSSR count). The number of amides is 2. The average molecular weight is 475 g/mol. The fourth-order valence-corrected chi connectivity index (χ4v) is 5.09. The number of rotatable bonds is 6. The topological polar surface area (TPSA) is 125 Å². The summed E-state index contributed by atoms with van der Waals surface area (Å²) in [6, 6.07) is 17.6. The number of likely N-dealkylation sites (tertiary alicyclic amines) is 1. The molecular weight excluding hydrogens is 448 g/mol. The molecule has 1 aliphatic carbocycles. The van der Waals surface area contributed by atoms with Crippen LogP contribution in [0.25, 0.3) is 11.1 Å². The van der Waals surface area contributed by atoms with Crippen molar-refractivity contribution in [2.75, 3.05) is 25.0 Å². The highest BCUT2D eigenvalue weighted by Crippen LogP contribution is 2.44. The van der Waals surface area contributed by atoms with Crippen LogP contribution in [0.5, 0.6) is 0 Å². The SMILES string of the molecule is C[C@@H]1CN(C(=O)c2cc(NC(=O)OCC3c4ccccc4-c4ccccc43)n[nH]2)C[C@H]1CC(=O)O. The molecule has 3 aromatic rings. The van der Waals surface area contributed by atoms with Crippen LogP contribution < -0.4 is 5.32 Å². The van der Waals surface area contributed by atoms with E-state index in [1.54, 1.807) is 4.90 Å². The molecule has 9 heteroatoms. The Kier molecular flexibility index (Phi) is 5.98. The first-order valence-corrected chi connectivity index (χ1v) is 11.6. The Bertz CT molecular complexity index is 1240. The number of anilines is 1. The number of benzene rings is 2. The second kappa shape index (κ2) is 9.25. The van der Waals surface area contributed by atoms with Gasteiger partial charge in [-0.15, -0.1) is 0 Å². The number of aromatic nitrogens is 2. The van der Waals surface area contributed by atoms with Crippen LogP contribution in [0, 0.1) is 11.8 Å². The largest absolute Gasteiger partial charge is 0.481 e. The molecule has 1 aliphatic heterocycles. The molecule has 0 bridgehead atoms. The van der Waals surface area contributed by atoms with Crippen LogP contribution >= 0.6 is 0 Å². The Balaban J connectivity index is 1.19. The molecule has 1 fully saturated rings. The molecule has 9 nitrogen and oxygen atoms in total. The lowest BCUT2D eigenvalue weighted by atomic mass is 9.95. The van der Waals surface area contributed by atoms with Gasteiger partial charge in [0.25, 0.3) is 5.91 Å². The third-order valence-electron chi connectivity index (χ3n) is 6.87. The van der Waals surface area contributed by atoms with Gasteiger partial charge in [-0.25, -0.2) is 4.79 Å². The maximum Gasteiger partial charge on any atom is 0.412 e. The first-order chi connectivity index (χ1) is 16.9. The van der Waals surface area contributed by atoms with Crippen molar-refractivity contribution in [3.63, 3.8) is 0 Å². The van der Waals surface area contributed by atoms with Crippen molar-refractivity contribution < 1.29 is 24.2 Å². The fourth-order valence-electron chi connectivity index (χ4n) is 5.09. The molecule has 1 saturated heterocycles. The summed E-state index contributed by atoms with van der Waals surface area (Å²) < 4.78 is 5.52. The van der Waals surface area contributed by atoms with E-state index in [0.29, 0.717) is 13.1 Å². The van der Waals surface area contributed by atoms with Crippen LogP contribution in [0.4, 0.5) is 10.6 Å². The Morgan fingerprint density at radius 1 is 1.09 bits per heavy atom. The number of carboxylic acid groups (broad SMARTS) is 1. The van der Waals surface area contributed by atoms with Crippen molar-refractivity contribution in [1.82, 2.24) is 15.1 Å². The molecule has 0 unspecified atom stereocenters. The molecule has 180 valence electrons. The van der Waals surface area contributed by atoms with Crippen molar-refractivity contribution >= 4 is 23.8 Å². The van der Waals surface area contributed by atoms with Crippen molar-refractivity contribution in [2.24, 2.45) is 11.8 Å². The predicted molar refractivity (Wildman–Crippen MR) is 128 cm³/mol. The van der Waals surface area contributed by atoms with E-state index in [1.165, 1.54) is 6.07 Å². The van der Waals surface area contributed by atoms with Crippen LogP contribution in [0.1, 0.15) is 40.9 Å². The first kappa shape index (κ1) is 22.6. The highest BCUT2D eigenvalue weighted by molar-refractivity contribution is 5.94. The minimum atomic E-state index is -0.868. The van der Waals surface area contributed by atoms with Crippen LogP contribution in [0.3, 0.4) is 0 Å². The van der Waals surface area contributed by atoms with Gasteiger partial charge in [0.15, 0.2) is 5.82 Å². The van der Waals surface area contributed by atoms with E-state index in [0.717, 1.165) is 22.3 Å². The number of nitrogens with zero attached hydrogens (tertiary/aromatic N) is 2. The molecule has 2 atom stereocenters. The zero-order valence-electron chi connectivity index (χ0n) is 19.2. The van der Waals surface area contributed by atoms with Crippen molar-refractivity contribution in [3.8, 4) is 11.1 Å². The number of ether oxygens (including phenoxy) is 1. The molecule has 2 aliphatic rings. The third-order valence-corrected chi connectivity index (χ3v) is 6.87. The van der Waals surface area contributed by atoms with Gasteiger partial charge in [-0.3, -0.25) is 20.0 Å². The zero-order valence-corrected chi connectivity index (χ0v) is 19.2. The Labute approximate surface area is 202 Å². The summed E-state index contributed by atoms with van der Waals surface area (Å²) in [6.07, 6.45) is -0.628. The van der Waals surface area contributed by atoms with E-state index in [9.17, 15) is 14.4 Å². The van der Waals surface area contributed by atoms with E-state index < -0.39 is 12.1 Å². The maximum absolute atomic E-state index is 12.8. The zero-order chi connectivity index (χ0) is 24.5. The van der Waals surface area contributed by atoms with E-state index in [-0.39, 0.29) is 48.2 Å². The van der Waals surface area contributed by atoms with Gasteiger partial charge in [-0.05, 0) is 34.1 Å². The van der Waals surface area contributed by atoms with E-state index in [1.807, 2.05) is 43.3 Å². The lowest BCUT2D eigenvalue weighted by Crippen LogP contribution is -2.29. The minimum Gasteiger partial charge on any atom is -0.481 e. The molecule has 35 heavy (non-hydrogen) atoms. The molecular formula is C26H26N4O5. The molecule has 0 radical (unpaired) electrons. The summed E-state index contributed by atoms with van der Waals surface area (Å²) in [5.74, 6) is -1.01. The number of fused-ring (bicyclic) bond motifs is 3. The number of H-pyrrole nitrogens is 1. The fraction of sp³-hybridized carbons (Fsp3) is 0.308. The number of hydrogen-bond donors (Lipinski definition) is 3. The van der Waals surface area contributed by atoms with E-state index in [2.05, 4.69) is 27.6 Å². The van der Waals surface area contributed by atoms with E-state index in [4.69, 9.17) is 9.84 Å². The van der Waals surface area contributed by atoms with Crippen molar-refractivity contribution in [2.45, 2.75) is 19.3 Å². The Morgan fingerprint density at radius 2 is 1.74 bits per heavy atom. The van der Waals surface area contributed by atoms with Gasteiger partial charge in [0.1, 0.15) is 12.3 Å². The summed E-state index contributed by atoms with van der Waals surface area (Å²) >= 11 is 0. The summed E-state index contributed by atoms with van der Waals surface area (Å²) in [5.41, 5.74) is 4.76. The highest BCUT2D eigenvalue weighted by atomic mass is 16.5. The molecule has 0 spiro atoms. The maximum atomic E-state index is 12.8. The number of nitrogens with one attached hydrogen (secondary N) is 2. The lowest BCUT2D eigenvalue weighted by molar-refractivity contribution is -0.138. The Hall–Kier alpha value is -4.14. The number of hydrogen-bond acceptors (Lipinski definition) is 5. The lowest BCUT2D eigenvalue weighted by Gasteiger charge is -2.14. The molecule has 2 aromatic carbocycles. The minimum absolute atomic E-state index is 0.0303. The summed E-state index contributed by atoms with van der Waals surface area (Å²) in [7, 11) is 0. The quantitative estimate of drug-likeness (QED) is 0.497. The molecule has 3 N–H and O–H groups in total. The van der Waals surface area contributed by atoms with Gasteiger partial charge in [0.05, 0.1) is 6.42 Å². The van der Waals surface area contributed by atoms with Gasteiger partial charge in [-0.1, -0.05) is 55.5 Å². The van der Waals surface area contributed by atoms with Gasteiger partial charge < -0.3 is 14.7 Å². The van der Waals surface area contributed by atoms with Gasteiger partial charge in [0, 0.05) is 25.1 Å². The highest BCUT2D eigenvalue weighted by Gasteiger charge is 2.35. The van der Waals surface area contributed by atoms with Crippen molar-refractivity contribution in [1.29, 1.82) is 0 Å². The second-order valence-electron chi connectivity index (χ2n) is 9.16. The number of carbonyl (C=O) groups excluding carboxylic acids is 2. The standard InChI is InChI=1S/C26H26N4O5/c1-15-12-30(13-16(15)10-24(31)32)25(33)22-11-23(29-28-22)27-26(34)35-14-21-19-8-4-2-6-17(19)18-7-3-5-9-20(18)21/h2-9,11,15-16,21H,10,12-14H2,1H3,(H,31,32)(H2,27,28,29,34)/t15-,16-/m1/s1. The van der Waals surface area contributed by atoms with E-state index >= 15 is 0 Å². The number of carbonyl (C=O) groups is 3. The monoisotopic (exact) mass is 474 g/mol. The van der Waals surface area contributed by atoms with Crippen LogP contribution in [0.2, 0.25) is 0 Å². The molecule has 1 aromatic heterocycles.